The van der Waals surface area contributed by atoms with Crippen molar-refractivity contribution in [2.24, 2.45) is 0 Å². The van der Waals surface area contributed by atoms with Gasteiger partial charge in [-0.1, -0.05) is 6.07 Å². The van der Waals surface area contributed by atoms with Crippen LogP contribution in [0.5, 0.6) is 0 Å². The number of carboxylic acids is 1. The quantitative estimate of drug-likeness (QED) is 0.795. The summed E-state index contributed by atoms with van der Waals surface area (Å²) in [5.41, 5.74) is 1.58. The van der Waals surface area contributed by atoms with Crippen LogP contribution in [0.4, 0.5) is 0 Å². The topological polar surface area (TPSA) is 80.4 Å². The molecule has 0 bridgehead atoms. The monoisotopic (exact) mass is 286 g/mol. The van der Waals surface area contributed by atoms with Crippen LogP contribution < -0.4 is 0 Å². The lowest BCUT2D eigenvalue weighted by Crippen LogP contribution is -2.04. The molecule has 6 nitrogen and oxygen atoms in total. The van der Waals surface area contributed by atoms with Gasteiger partial charge < -0.3 is 5.11 Å². The number of rotatable bonds is 3. The summed E-state index contributed by atoms with van der Waals surface area (Å²) in [5.74, 6) is -0.994. The standard InChI is InChI=1S/C13H10N4O2S/c1-8-5-6-14-11(10(8)12(18)19)20-13-16-15-9-4-2-3-7-17(9)13/h2-7H,1H3,(H,18,19). The Balaban J connectivity index is 2.08. The molecule has 0 saturated carbocycles. The summed E-state index contributed by atoms with van der Waals surface area (Å²) in [6.45, 7) is 1.75. The van der Waals surface area contributed by atoms with Gasteiger partial charge in [0, 0.05) is 12.4 Å². The number of aromatic nitrogens is 4. The van der Waals surface area contributed by atoms with E-state index in [0.717, 1.165) is 0 Å². The Hall–Kier alpha value is -2.41. The summed E-state index contributed by atoms with van der Waals surface area (Å²) < 4.78 is 1.79. The SMILES string of the molecule is Cc1ccnc(Sc2nnc3ccccn23)c1C(=O)O. The molecular formula is C13H10N4O2S. The van der Waals surface area contributed by atoms with E-state index in [2.05, 4.69) is 15.2 Å². The van der Waals surface area contributed by atoms with Crippen molar-refractivity contribution in [1.82, 2.24) is 19.6 Å². The molecule has 3 heterocycles. The van der Waals surface area contributed by atoms with Gasteiger partial charge in [-0.05, 0) is 42.4 Å². The van der Waals surface area contributed by atoms with Gasteiger partial charge in [-0.3, -0.25) is 4.40 Å². The highest BCUT2D eigenvalue weighted by molar-refractivity contribution is 7.99. The predicted molar refractivity (Wildman–Crippen MR) is 73.0 cm³/mol. The summed E-state index contributed by atoms with van der Waals surface area (Å²) in [7, 11) is 0. The molecule has 0 aliphatic rings. The van der Waals surface area contributed by atoms with Crippen molar-refractivity contribution in [2.45, 2.75) is 17.1 Å². The van der Waals surface area contributed by atoms with Crippen LogP contribution in [0.2, 0.25) is 0 Å². The molecule has 0 aromatic carbocycles. The molecule has 7 heteroatoms. The first-order chi connectivity index (χ1) is 9.66. The Morgan fingerprint density at radius 3 is 2.95 bits per heavy atom. The van der Waals surface area contributed by atoms with Crippen molar-refractivity contribution >= 4 is 23.4 Å². The van der Waals surface area contributed by atoms with Crippen molar-refractivity contribution < 1.29 is 9.90 Å². The van der Waals surface area contributed by atoms with Gasteiger partial charge in [-0.15, -0.1) is 10.2 Å². The van der Waals surface area contributed by atoms with Gasteiger partial charge in [-0.2, -0.15) is 0 Å². The molecule has 3 aromatic heterocycles. The van der Waals surface area contributed by atoms with Gasteiger partial charge in [0.15, 0.2) is 5.65 Å². The Morgan fingerprint density at radius 1 is 1.30 bits per heavy atom. The van der Waals surface area contributed by atoms with Gasteiger partial charge in [-0.25, -0.2) is 9.78 Å². The van der Waals surface area contributed by atoms with Crippen molar-refractivity contribution in [3.05, 3.63) is 47.8 Å². The molecule has 0 aliphatic carbocycles. The molecule has 0 aliphatic heterocycles. The minimum Gasteiger partial charge on any atom is -0.478 e. The molecule has 3 aromatic rings. The number of carbonyl (C=O) groups is 1. The van der Waals surface area contributed by atoms with E-state index in [0.29, 0.717) is 21.4 Å². The van der Waals surface area contributed by atoms with E-state index in [4.69, 9.17) is 0 Å². The minimum absolute atomic E-state index is 0.199. The van der Waals surface area contributed by atoms with Crippen molar-refractivity contribution in [3.8, 4) is 0 Å². The normalized spacial score (nSPS) is 10.8. The molecule has 0 unspecified atom stereocenters. The number of aryl methyl sites for hydroxylation is 1. The maximum atomic E-state index is 11.3. The van der Waals surface area contributed by atoms with Gasteiger partial charge in [0.2, 0.25) is 5.16 Å². The maximum Gasteiger partial charge on any atom is 0.338 e. The molecule has 1 N–H and O–H groups in total. The van der Waals surface area contributed by atoms with Gasteiger partial charge in [0.25, 0.3) is 0 Å². The average molecular weight is 286 g/mol. The third-order valence-electron chi connectivity index (χ3n) is 2.81. The molecule has 0 radical (unpaired) electrons. The zero-order valence-corrected chi connectivity index (χ0v) is 11.3. The molecule has 0 amide bonds. The minimum atomic E-state index is -0.994. The lowest BCUT2D eigenvalue weighted by atomic mass is 10.2. The third kappa shape index (κ3) is 2.12. The largest absolute Gasteiger partial charge is 0.478 e. The van der Waals surface area contributed by atoms with Gasteiger partial charge >= 0.3 is 5.97 Å². The highest BCUT2D eigenvalue weighted by Crippen LogP contribution is 2.29. The van der Waals surface area contributed by atoms with Crippen LogP contribution in [0, 0.1) is 6.92 Å². The summed E-state index contributed by atoms with van der Waals surface area (Å²) in [5, 5.41) is 18.4. The predicted octanol–water partition coefficient (Wildman–Crippen LogP) is 2.28. The summed E-state index contributed by atoms with van der Waals surface area (Å²) in [4.78, 5) is 15.5. The van der Waals surface area contributed by atoms with Crippen LogP contribution >= 0.6 is 11.8 Å². The lowest BCUT2D eigenvalue weighted by molar-refractivity contribution is 0.0691. The Labute approximate surface area is 118 Å². The number of nitrogens with zero attached hydrogens (tertiary/aromatic N) is 4. The van der Waals surface area contributed by atoms with E-state index >= 15 is 0 Å². The van der Waals surface area contributed by atoms with Gasteiger partial charge in [0.05, 0.1) is 5.56 Å². The number of pyridine rings is 2. The average Bonchev–Trinajstić information content (AvgIpc) is 2.82. The first kappa shape index (κ1) is 12.6. The van der Waals surface area contributed by atoms with Crippen LogP contribution in [-0.4, -0.2) is 30.7 Å². The molecule has 20 heavy (non-hydrogen) atoms. The molecular weight excluding hydrogens is 276 g/mol. The van der Waals surface area contributed by atoms with E-state index in [-0.39, 0.29) is 5.56 Å². The van der Waals surface area contributed by atoms with Crippen molar-refractivity contribution in [1.29, 1.82) is 0 Å². The Kier molecular flexibility index (Phi) is 3.11. The van der Waals surface area contributed by atoms with E-state index in [1.807, 2.05) is 24.4 Å². The van der Waals surface area contributed by atoms with Crippen LogP contribution in [0.15, 0.2) is 46.8 Å². The van der Waals surface area contributed by atoms with Gasteiger partial charge in [0.1, 0.15) is 5.03 Å². The van der Waals surface area contributed by atoms with E-state index in [9.17, 15) is 9.90 Å². The lowest BCUT2D eigenvalue weighted by Gasteiger charge is -2.06. The fourth-order valence-electron chi connectivity index (χ4n) is 1.85. The zero-order valence-electron chi connectivity index (χ0n) is 10.5. The number of hydrogen-bond acceptors (Lipinski definition) is 5. The molecule has 0 spiro atoms. The molecule has 0 saturated heterocycles. The second-order valence-corrected chi connectivity index (χ2v) is 5.08. The molecule has 3 rings (SSSR count). The van der Waals surface area contributed by atoms with E-state index in [1.54, 1.807) is 23.6 Å². The number of carboxylic acid groups (broad SMARTS) is 1. The molecule has 100 valence electrons. The molecule has 0 fully saturated rings. The second kappa shape index (κ2) is 4.93. The Bertz CT molecular complexity index is 800. The van der Waals surface area contributed by atoms with Crippen LogP contribution in [-0.2, 0) is 0 Å². The highest BCUT2D eigenvalue weighted by atomic mass is 32.2. The molecule has 0 atom stereocenters. The van der Waals surface area contributed by atoms with Crippen LogP contribution in [0.1, 0.15) is 15.9 Å². The second-order valence-electron chi connectivity index (χ2n) is 4.13. The smallest absolute Gasteiger partial charge is 0.338 e. The number of hydrogen-bond donors (Lipinski definition) is 1. The first-order valence-electron chi connectivity index (χ1n) is 5.83. The maximum absolute atomic E-state index is 11.3. The fraction of sp³-hybridized carbons (Fsp3) is 0.0769. The zero-order chi connectivity index (χ0) is 14.1. The summed E-state index contributed by atoms with van der Waals surface area (Å²) in [6.07, 6.45) is 3.42. The van der Waals surface area contributed by atoms with Crippen LogP contribution in [0.25, 0.3) is 5.65 Å². The fourth-order valence-corrected chi connectivity index (χ4v) is 2.82. The number of aromatic carboxylic acids is 1. The highest BCUT2D eigenvalue weighted by Gasteiger charge is 2.17. The van der Waals surface area contributed by atoms with E-state index in [1.165, 1.54) is 11.8 Å². The van der Waals surface area contributed by atoms with Crippen LogP contribution in [0.3, 0.4) is 0 Å². The summed E-state index contributed by atoms with van der Waals surface area (Å²) in [6, 6.07) is 7.24. The number of fused-ring (bicyclic) bond motifs is 1. The summed E-state index contributed by atoms with van der Waals surface area (Å²) >= 11 is 1.19. The van der Waals surface area contributed by atoms with Crippen molar-refractivity contribution in [3.63, 3.8) is 0 Å². The third-order valence-corrected chi connectivity index (χ3v) is 3.77. The first-order valence-corrected chi connectivity index (χ1v) is 6.65. The Morgan fingerprint density at radius 2 is 2.15 bits per heavy atom. The van der Waals surface area contributed by atoms with E-state index < -0.39 is 5.97 Å². The van der Waals surface area contributed by atoms with Crippen molar-refractivity contribution in [2.75, 3.05) is 0 Å².